The van der Waals surface area contributed by atoms with Crippen molar-refractivity contribution < 1.29 is 14.3 Å². The van der Waals surface area contributed by atoms with Crippen molar-refractivity contribution in [3.8, 4) is 0 Å². The van der Waals surface area contributed by atoms with Crippen molar-refractivity contribution in [2.75, 3.05) is 44.8 Å². The van der Waals surface area contributed by atoms with Gasteiger partial charge < -0.3 is 14.4 Å². The van der Waals surface area contributed by atoms with Gasteiger partial charge in [-0.05, 0) is 12.1 Å². The average molecular weight is 292 g/mol. The Morgan fingerprint density at radius 3 is 3.10 bits per heavy atom. The number of esters is 1. The van der Waals surface area contributed by atoms with Crippen molar-refractivity contribution in [2.45, 2.75) is 18.6 Å². The van der Waals surface area contributed by atoms with Crippen LogP contribution in [0, 0.1) is 0 Å². The summed E-state index contributed by atoms with van der Waals surface area (Å²) in [6, 6.07) is 3.68. The second-order valence-corrected chi connectivity index (χ2v) is 5.42. The first kappa shape index (κ1) is 14.2. The number of hydrogen-bond acceptors (Lipinski definition) is 7. The molecule has 0 saturated carbocycles. The van der Waals surface area contributed by atoms with E-state index in [1.807, 2.05) is 24.1 Å². The maximum atomic E-state index is 11.7. The first-order valence-electron chi connectivity index (χ1n) is 7.25. The predicted octanol–water partition coefficient (Wildman–Crippen LogP) is -0.0709. The van der Waals surface area contributed by atoms with Gasteiger partial charge in [0.2, 0.25) is 0 Å². The van der Waals surface area contributed by atoms with E-state index in [0.717, 1.165) is 31.9 Å². The largest absolute Gasteiger partial charge is 0.464 e. The summed E-state index contributed by atoms with van der Waals surface area (Å²) in [5.41, 5.74) is 0. The van der Waals surface area contributed by atoms with Crippen LogP contribution in [-0.4, -0.2) is 73.1 Å². The van der Waals surface area contributed by atoms with Crippen molar-refractivity contribution in [3.63, 3.8) is 0 Å². The second kappa shape index (κ2) is 6.36. The van der Waals surface area contributed by atoms with Gasteiger partial charge in [0, 0.05) is 39.3 Å². The van der Waals surface area contributed by atoms with Crippen LogP contribution in [0.4, 0.5) is 5.82 Å². The number of anilines is 1. The number of hydrogen-bond donors (Lipinski definition) is 0. The minimum atomic E-state index is -0.0991. The van der Waals surface area contributed by atoms with E-state index in [1.165, 1.54) is 0 Å². The summed E-state index contributed by atoms with van der Waals surface area (Å²) in [5.74, 6) is 0.719. The molecule has 0 bridgehead atoms. The number of aromatic nitrogens is 2. The van der Waals surface area contributed by atoms with Gasteiger partial charge in [-0.15, -0.1) is 5.10 Å². The first-order chi connectivity index (χ1) is 10.2. The summed E-state index contributed by atoms with van der Waals surface area (Å²) < 4.78 is 10.9. The van der Waals surface area contributed by atoms with Gasteiger partial charge in [-0.2, -0.15) is 5.10 Å². The molecule has 21 heavy (non-hydrogen) atoms. The number of cyclic esters (lactones) is 1. The molecule has 0 aliphatic carbocycles. The standard InChI is InChI=1S/C14H20N4O3/c1-17(13-3-2-5-15-16-13)9-11-10-18(6-8-20-11)12-4-7-21-14(12)19/h2-3,5,11-12H,4,6-10H2,1H3/t11-,12+/m0/s1. The van der Waals surface area contributed by atoms with Crippen LogP contribution in [0.15, 0.2) is 18.3 Å². The molecule has 3 heterocycles. The van der Waals surface area contributed by atoms with Crippen LogP contribution in [-0.2, 0) is 14.3 Å². The lowest BCUT2D eigenvalue weighted by Crippen LogP contribution is -2.52. The first-order valence-corrected chi connectivity index (χ1v) is 7.25. The monoisotopic (exact) mass is 292 g/mol. The Bertz CT molecular complexity index is 484. The zero-order chi connectivity index (χ0) is 14.7. The lowest BCUT2D eigenvalue weighted by atomic mass is 10.1. The molecule has 1 aromatic heterocycles. The molecule has 0 aromatic carbocycles. The highest BCUT2D eigenvalue weighted by atomic mass is 16.5. The molecule has 1 aromatic rings. The highest BCUT2D eigenvalue weighted by molar-refractivity contribution is 5.77. The van der Waals surface area contributed by atoms with Gasteiger partial charge in [0.05, 0.1) is 19.3 Å². The molecule has 3 rings (SSSR count). The van der Waals surface area contributed by atoms with E-state index in [1.54, 1.807) is 6.20 Å². The summed E-state index contributed by atoms with van der Waals surface area (Å²) in [5, 5.41) is 7.97. The molecule has 0 N–H and O–H groups in total. The van der Waals surface area contributed by atoms with Crippen LogP contribution in [0.2, 0.25) is 0 Å². The van der Waals surface area contributed by atoms with Crippen molar-refractivity contribution in [3.05, 3.63) is 18.3 Å². The molecule has 2 aliphatic heterocycles. The summed E-state index contributed by atoms with van der Waals surface area (Å²) in [4.78, 5) is 15.9. The Hall–Kier alpha value is -1.73. The molecule has 0 unspecified atom stereocenters. The minimum Gasteiger partial charge on any atom is -0.464 e. The fourth-order valence-electron chi connectivity index (χ4n) is 2.85. The molecule has 0 radical (unpaired) electrons. The number of morpholine rings is 1. The van der Waals surface area contributed by atoms with Gasteiger partial charge in [-0.3, -0.25) is 9.69 Å². The van der Waals surface area contributed by atoms with E-state index in [0.29, 0.717) is 13.2 Å². The average Bonchev–Trinajstić information content (AvgIpc) is 2.94. The zero-order valence-corrected chi connectivity index (χ0v) is 12.1. The lowest BCUT2D eigenvalue weighted by molar-refractivity contribution is -0.144. The van der Waals surface area contributed by atoms with E-state index in [-0.39, 0.29) is 18.1 Å². The number of nitrogens with zero attached hydrogens (tertiary/aromatic N) is 4. The van der Waals surface area contributed by atoms with Gasteiger partial charge >= 0.3 is 5.97 Å². The van der Waals surface area contributed by atoms with E-state index in [9.17, 15) is 4.79 Å². The maximum Gasteiger partial charge on any atom is 0.323 e. The van der Waals surface area contributed by atoms with Gasteiger partial charge in [0.1, 0.15) is 6.04 Å². The molecule has 7 heteroatoms. The number of rotatable bonds is 4. The SMILES string of the molecule is CN(C[C@H]1CN([C@@H]2CCOC2=O)CCO1)c1cccnn1. The van der Waals surface area contributed by atoms with Crippen molar-refractivity contribution in [1.82, 2.24) is 15.1 Å². The van der Waals surface area contributed by atoms with Gasteiger partial charge in [0.15, 0.2) is 5.82 Å². The summed E-state index contributed by atoms with van der Waals surface area (Å²) >= 11 is 0. The molecule has 0 amide bonds. The second-order valence-electron chi connectivity index (χ2n) is 5.42. The Morgan fingerprint density at radius 1 is 1.48 bits per heavy atom. The fraction of sp³-hybridized carbons (Fsp3) is 0.643. The van der Waals surface area contributed by atoms with E-state index in [4.69, 9.17) is 9.47 Å². The van der Waals surface area contributed by atoms with Crippen molar-refractivity contribution >= 4 is 11.8 Å². The number of carbonyl (C=O) groups excluding carboxylic acids is 1. The molecular weight excluding hydrogens is 272 g/mol. The predicted molar refractivity (Wildman–Crippen MR) is 76.0 cm³/mol. The molecule has 2 fully saturated rings. The fourth-order valence-corrected chi connectivity index (χ4v) is 2.85. The number of ether oxygens (including phenoxy) is 2. The van der Waals surface area contributed by atoms with Crippen molar-refractivity contribution in [2.24, 2.45) is 0 Å². The minimum absolute atomic E-state index is 0.0548. The van der Waals surface area contributed by atoms with Gasteiger partial charge in [0.25, 0.3) is 0 Å². The third kappa shape index (κ3) is 3.30. The maximum absolute atomic E-state index is 11.7. The normalized spacial score (nSPS) is 26.6. The van der Waals surface area contributed by atoms with Gasteiger partial charge in [-0.25, -0.2) is 0 Å². The number of carbonyl (C=O) groups is 1. The van der Waals surface area contributed by atoms with E-state index >= 15 is 0 Å². The summed E-state index contributed by atoms with van der Waals surface area (Å²) in [6.45, 7) is 3.42. The molecule has 114 valence electrons. The Kier molecular flexibility index (Phi) is 4.31. The van der Waals surface area contributed by atoms with Crippen LogP contribution in [0.5, 0.6) is 0 Å². The Labute approximate surface area is 123 Å². The zero-order valence-electron chi connectivity index (χ0n) is 12.1. The van der Waals surface area contributed by atoms with Gasteiger partial charge in [-0.1, -0.05) is 0 Å². The third-order valence-corrected chi connectivity index (χ3v) is 3.95. The summed E-state index contributed by atoms with van der Waals surface area (Å²) in [7, 11) is 1.97. The van der Waals surface area contributed by atoms with Crippen LogP contribution in [0.3, 0.4) is 0 Å². The van der Waals surface area contributed by atoms with Crippen LogP contribution in [0.25, 0.3) is 0 Å². The topological polar surface area (TPSA) is 67.8 Å². The molecule has 2 aliphatic rings. The molecule has 2 atom stereocenters. The lowest BCUT2D eigenvalue weighted by Gasteiger charge is -2.36. The quantitative estimate of drug-likeness (QED) is 0.720. The van der Waals surface area contributed by atoms with Crippen LogP contribution >= 0.6 is 0 Å². The Morgan fingerprint density at radius 2 is 2.38 bits per heavy atom. The molecule has 2 saturated heterocycles. The number of likely N-dealkylation sites (N-methyl/N-ethyl adjacent to an activating group) is 1. The molecular formula is C14H20N4O3. The summed E-state index contributed by atoms with van der Waals surface area (Å²) in [6.07, 6.45) is 2.49. The smallest absolute Gasteiger partial charge is 0.323 e. The van der Waals surface area contributed by atoms with Crippen molar-refractivity contribution in [1.29, 1.82) is 0 Å². The van der Waals surface area contributed by atoms with E-state index in [2.05, 4.69) is 15.1 Å². The molecule has 7 nitrogen and oxygen atoms in total. The third-order valence-electron chi connectivity index (χ3n) is 3.95. The molecule has 0 spiro atoms. The highest BCUT2D eigenvalue weighted by Gasteiger charge is 2.35. The highest BCUT2D eigenvalue weighted by Crippen LogP contribution is 2.18. The van der Waals surface area contributed by atoms with Crippen LogP contribution in [0.1, 0.15) is 6.42 Å². The Balaban J connectivity index is 1.57. The van der Waals surface area contributed by atoms with E-state index < -0.39 is 0 Å². The van der Waals surface area contributed by atoms with Crippen LogP contribution < -0.4 is 4.90 Å².